The summed E-state index contributed by atoms with van der Waals surface area (Å²) in [6, 6.07) is 0. The molecule has 1 nitrogen and oxygen atoms in total. The molecule has 1 heterocycles. The minimum Gasteiger partial charge on any atom is -0.265 e. The molecule has 3 rings (SSSR count). The van der Waals surface area contributed by atoms with E-state index in [1.54, 1.807) is 16.7 Å². The number of fused-ring (bicyclic) bond motifs is 1. The molecule has 1 aliphatic heterocycles. The van der Waals surface area contributed by atoms with Crippen LogP contribution in [0.25, 0.3) is 0 Å². The Labute approximate surface area is 204 Å². The maximum absolute atomic E-state index is 4.95. The lowest BCUT2D eigenvalue weighted by molar-refractivity contribution is 0.115. The smallest absolute Gasteiger partial charge is 0.0432 e. The van der Waals surface area contributed by atoms with Gasteiger partial charge in [0.05, 0.1) is 0 Å². The average molecular weight is 446 g/mol. The van der Waals surface area contributed by atoms with Crippen molar-refractivity contribution in [2.75, 3.05) is 0 Å². The van der Waals surface area contributed by atoms with Crippen molar-refractivity contribution < 1.29 is 0 Å². The van der Waals surface area contributed by atoms with E-state index in [1.807, 2.05) is 0 Å². The molecule has 3 unspecified atom stereocenters. The molecule has 3 atom stereocenters. The topological polar surface area (TPSA) is 12.4 Å². The van der Waals surface area contributed by atoms with Gasteiger partial charge in [-0.1, -0.05) is 90.5 Å². The molecule has 2 aliphatic carbocycles. The van der Waals surface area contributed by atoms with E-state index >= 15 is 0 Å². The average Bonchev–Trinajstić information content (AvgIpc) is 3.46. The SMILES string of the molecule is CC=CC(C)(C)C(C)(C=CCC)C1CC=N/C(=C(C)/C=C(/C2=C(CC)C=C3CC32)C(C)C)C1. The summed E-state index contributed by atoms with van der Waals surface area (Å²) < 4.78 is 0. The Hall–Kier alpha value is -1.89. The summed E-state index contributed by atoms with van der Waals surface area (Å²) >= 11 is 0. The first-order valence-electron chi connectivity index (χ1n) is 13.3. The van der Waals surface area contributed by atoms with Crippen molar-refractivity contribution in [3.05, 3.63) is 70.0 Å². The zero-order chi connectivity index (χ0) is 24.4. The summed E-state index contributed by atoms with van der Waals surface area (Å²) in [5.41, 5.74) is 9.16. The molecule has 3 aliphatic rings. The van der Waals surface area contributed by atoms with Crippen molar-refractivity contribution in [1.82, 2.24) is 0 Å². The third kappa shape index (κ3) is 5.13. The van der Waals surface area contributed by atoms with E-state index < -0.39 is 0 Å². The van der Waals surface area contributed by atoms with Gasteiger partial charge in [-0.25, -0.2) is 0 Å². The maximum atomic E-state index is 4.95. The number of aliphatic imine (C=N–C) groups is 1. The quantitative estimate of drug-likeness (QED) is 0.313. The van der Waals surface area contributed by atoms with Crippen LogP contribution in [0.5, 0.6) is 0 Å². The van der Waals surface area contributed by atoms with Crippen molar-refractivity contribution in [1.29, 1.82) is 0 Å². The molecule has 0 saturated heterocycles. The second kappa shape index (κ2) is 10.2. The minimum absolute atomic E-state index is 0.0777. The Kier molecular flexibility index (Phi) is 7.92. The molecule has 0 aromatic heterocycles. The second-order valence-corrected chi connectivity index (χ2v) is 11.4. The van der Waals surface area contributed by atoms with E-state index in [2.05, 4.69) is 105 Å². The fourth-order valence-corrected chi connectivity index (χ4v) is 5.92. The van der Waals surface area contributed by atoms with Crippen LogP contribution in [-0.2, 0) is 0 Å². The van der Waals surface area contributed by atoms with E-state index in [0.29, 0.717) is 17.8 Å². The molecule has 0 amide bonds. The van der Waals surface area contributed by atoms with Gasteiger partial charge in [-0.3, -0.25) is 4.99 Å². The van der Waals surface area contributed by atoms with Crippen molar-refractivity contribution in [3.8, 4) is 0 Å². The summed E-state index contributed by atoms with van der Waals surface area (Å²) in [6.07, 6.45) is 22.2. The number of allylic oxidation sites excluding steroid dienone is 12. The van der Waals surface area contributed by atoms with Crippen molar-refractivity contribution >= 4 is 6.21 Å². The summed E-state index contributed by atoms with van der Waals surface area (Å²) in [5, 5.41) is 0. The molecule has 0 aromatic rings. The van der Waals surface area contributed by atoms with Crippen LogP contribution in [0.1, 0.15) is 94.4 Å². The Morgan fingerprint density at radius 2 is 1.88 bits per heavy atom. The van der Waals surface area contributed by atoms with Gasteiger partial charge < -0.3 is 0 Å². The van der Waals surface area contributed by atoms with Crippen LogP contribution in [0.15, 0.2) is 75.0 Å². The van der Waals surface area contributed by atoms with E-state index in [1.165, 1.54) is 23.3 Å². The molecule has 0 bridgehead atoms. The molecule has 0 aromatic carbocycles. The molecule has 0 N–H and O–H groups in total. The van der Waals surface area contributed by atoms with E-state index in [0.717, 1.165) is 25.7 Å². The Bertz CT molecular complexity index is 956. The van der Waals surface area contributed by atoms with Gasteiger partial charge in [0.15, 0.2) is 0 Å². The van der Waals surface area contributed by atoms with Gasteiger partial charge in [-0.05, 0) is 90.9 Å². The van der Waals surface area contributed by atoms with Crippen LogP contribution in [-0.4, -0.2) is 6.21 Å². The highest BCUT2D eigenvalue weighted by Crippen LogP contribution is 2.55. The first-order chi connectivity index (χ1) is 15.6. The lowest BCUT2D eigenvalue weighted by Crippen LogP contribution is -2.40. The monoisotopic (exact) mass is 445 g/mol. The van der Waals surface area contributed by atoms with Crippen molar-refractivity contribution in [2.24, 2.45) is 33.6 Å². The van der Waals surface area contributed by atoms with Crippen LogP contribution in [0.3, 0.4) is 0 Å². The number of hydrogen-bond acceptors (Lipinski definition) is 1. The largest absolute Gasteiger partial charge is 0.265 e. The van der Waals surface area contributed by atoms with Gasteiger partial charge in [-0.2, -0.15) is 0 Å². The van der Waals surface area contributed by atoms with Crippen LogP contribution in [0.2, 0.25) is 0 Å². The molecule has 1 heteroatoms. The van der Waals surface area contributed by atoms with Crippen LogP contribution >= 0.6 is 0 Å². The third-order valence-corrected chi connectivity index (χ3v) is 8.52. The van der Waals surface area contributed by atoms with E-state index in [-0.39, 0.29) is 10.8 Å². The second-order valence-electron chi connectivity index (χ2n) is 11.4. The molecule has 0 radical (unpaired) electrons. The predicted molar refractivity (Wildman–Crippen MR) is 146 cm³/mol. The van der Waals surface area contributed by atoms with Gasteiger partial charge in [-0.15, -0.1) is 0 Å². The number of nitrogens with zero attached hydrogens (tertiary/aromatic N) is 1. The van der Waals surface area contributed by atoms with Crippen LogP contribution < -0.4 is 0 Å². The van der Waals surface area contributed by atoms with Gasteiger partial charge in [0.25, 0.3) is 0 Å². The van der Waals surface area contributed by atoms with Gasteiger partial charge in [0, 0.05) is 17.8 Å². The molecular weight excluding hydrogens is 398 g/mol. The Morgan fingerprint density at radius 1 is 1.15 bits per heavy atom. The third-order valence-electron chi connectivity index (χ3n) is 8.52. The minimum atomic E-state index is 0.0777. The summed E-state index contributed by atoms with van der Waals surface area (Å²) in [4.78, 5) is 4.95. The van der Waals surface area contributed by atoms with Gasteiger partial charge >= 0.3 is 0 Å². The van der Waals surface area contributed by atoms with Crippen LogP contribution in [0, 0.1) is 28.6 Å². The van der Waals surface area contributed by atoms with Crippen molar-refractivity contribution in [3.63, 3.8) is 0 Å². The normalized spacial score (nSPS) is 27.0. The zero-order valence-corrected chi connectivity index (χ0v) is 22.8. The lowest BCUT2D eigenvalue weighted by atomic mass is 9.57. The fourth-order valence-electron chi connectivity index (χ4n) is 5.92. The number of hydrogen-bond donors (Lipinski definition) is 0. The molecule has 0 spiro atoms. The van der Waals surface area contributed by atoms with Crippen molar-refractivity contribution in [2.45, 2.75) is 94.4 Å². The highest BCUT2D eigenvalue weighted by atomic mass is 14.8. The summed E-state index contributed by atoms with van der Waals surface area (Å²) in [6.45, 7) is 20.9. The number of rotatable bonds is 9. The van der Waals surface area contributed by atoms with E-state index in [9.17, 15) is 0 Å². The molecule has 180 valence electrons. The van der Waals surface area contributed by atoms with E-state index in [4.69, 9.17) is 4.99 Å². The first-order valence-corrected chi connectivity index (χ1v) is 13.3. The fraction of sp³-hybridized carbons (Fsp3) is 0.594. The van der Waals surface area contributed by atoms with Crippen LogP contribution in [0.4, 0.5) is 0 Å². The summed E-state index contributed by atoms with van der Waals surface area (Å²) in [7, 11) is 0. The lowest BCUT2D eigenvalue weighted by Gasteiger charge is -2.47. The Balaban J connectivity index is 1.98. The van der Waals surface area contributed by atoms with Gasteiger partial charge in [0.1, 0.15) is 0 Å². The highest BCUT2D eigenvalue weighted by Gasteiger charge is 2.44. The van der Waals surface area contributed by atoms with Gasteiger partial charge in [0.2, 0.25) is 0 Å². The highest BCUT2D eigenvalue weighted by molar-refractivity contribution is 5.63. The molecule has 1 saturated carbocycles. The molecule has 1 fully saturated rings. The summed E-state index contributed by atoms with van der Waals surface area (Å²) in [5.74, 6) is 1.77. The molecular formula is C32H47N. The zero-order valence-electron chi connectivity index (χ0n) is 22.8. The first kappa shape index (κ1) is 25.7. The standard InChI is InChI=1S/C32H47N/c1-10-13-16-32(9,31(7,8)15-11-2)26-14-17-33-29(21-26)23(6)18-27(22(4)5)30-24(12-3)19-25-20-28(25)30/h11,13,15-19,22,26,28H,10,12,14,20-21H2,1-9H3/b15-11?,16-13?,27-18+,29-23+. The maximum Gasteiger partial charge on any atom is 0.0432 e. The predicted octanol–water partition coefficient (Wildman–Crippen LogP) is 9.56. The Morgan fingerprint density at radius 3 is 2.48 bits per heavy atom. The molecule has 33 heavy (non-hydrogen) atoms.